The molecular formula is C17H26N4. The van der Waals surface area contributed by atoms with E-state index in [1.165, 1.54) is 56.7 Å². The van der Waals surface area contributed by atoms with Gasteiger partial charge in [-0.1, -0.05) is 0 Å². The molecular weight excluding hydrogens is 260 g/mol. The maximum Gasteiger partial charge on any atom is 0.135 e. The number of piperidine rings is 1. The fourth-order valence-electron chi connectivity index (χ4n) is 4.05. The highest BCUT2D eigenvalue weighted by Crippen LogP contribution is 2.36. The van der Waals surface area contributed by atoms with Gasteiger partial charge in [0.25, 0.3) is 0 Å². The third-order valence-electron chi connectivity index (χ3n) is 5.63. The number of fused-ring (bicyclic) bond motifs is 4. The number of rotatable bonds is 3. The summed E-state index contributed by atoms with van der Waals surface area (Å²) in [7, 11) is 0. The highest BCUT2D eigenvalue weighted by atomic mass is 15.3. The summed E-state index contributed by atoms with van der Waals surface area (Å²) in [5.74, 6) is 2.99. The predicted octanol–water partition coefficient (Wildman–Crippen LogP) is 2.40. The highest BCUT2D eigenvalue weighted by Gasteiger charge is 2.37. The van der Waals surface area contributed by atoms with E-state index in [0.29, 0.717) is 0 Å². The molecule has 1 aliphatic carbocycles. The average molecular weight is 286 g/mol. The largest absolute Gasteiger partial charge is 0.354 e. The van der Waals surface area contributed by atoms with Crippen molar-refractivity contribution in [3.63, 3.8) is 0 Å². The number of hydrogen-bond acceptors (Lipinski definition) is 4. The zero-order chi connectivity index (χ0) is 14.4. The monoisotopic (exact) mass is 286 g/mol. The van der Waals surface area contributed by atoms with Crippen molar-refractivity contribution in [1.82, 2.24) is 14.9 Å². The van der Waals surface area contributed by atoms with Gasteiger partial charge in [-0.25, -0.2) is 9.97 Å². The van der Waals surface area contributed by atoms with Gasteiger partial charge in [0.1, 0.15) is 12.1 Å². The summed E-state index contributed by atoms with van der Waals surface area (Å²) in [6, 6.07) is 0.735. The van der Waals surface area contributed by atoms with Crippen LogP contribution in [-0.2, 0) is 0 Å². The second kappa shape index (κ2) is 5.24. The molecule has 0 spiro atoms. The molecule has 0 N–H and O–H groups in total. The Morgan fingerprint density at radius 1 is 1.05 bits per heavy atom. The fraction of sp³-hybridized carbons (Fsp3) is 0.765. The quantitative estimate of drug-likeness (QED) is 0.854. The van der Waals surface area contributed by atoms with Gasteiger partial charge in [-0.05, 0) is 51.4 Å². The molecule has 4 fully saturated rings. The third-order valence-corrected chi connectivity index (χ3v) is 5.63. The summed E-state index contributed by atoms with van der Waals surface area (Å²) in [6.07, 6.45) is 7.42. The van der Waals surface area contributed by atoms with Crippen molar-refractivity contribution < 1.29 is 0 Å². The van der Waals surface area contributed by atoms with Gasteiger partial charge in [0, 0.05) is 43.5 Å². The molecule has 4 heterocycles. The van der Waals surface area contributed by atoms with Gasteiger partial charge >= 0.3 is 0 Å². The van der Waals surface area contributed by atoms with Gasteiger partial charge in [-0.15, -0.1) is 0 Å². The number of nitrogens with zero attached hydrogens (tertiary/aromatic N) is 4. The highest BCUT2D eigenvalue weighted by molar-refractivity contribution is 5.48. The molecule has 114 valence electrons. The summed E-state index contributed by atoms with van der Waals surface area (Å²) in [4.78, 5) is 14.2. The van der Waals surface area contributed by atoms with Gasteiger partial charge in [-0.2, -0.15) is 0 Å². The van der Waals surface area contributed by atoms with Crippen LogP contribution in [0.15, 0.2) is 6.33 Å². The Balaban J connectivity index is 1.56. The van der Waals surface area contributed by atoms with Gasteiger partial charge in [0.05, 0.1) is 0 Å². The lowest BCUT2D eigenvalue weighted by Crippen LogP contribution is -2.44. The lowest BCUT2D eigenvalue weighted by Gasteiger charge is -2.36. The predicted molar refractivity (Wildman–Crippen MR) is 84.5 cm³/mol. The van der Waals surface area contributed by atoms with Crippen molar-refractivity contribution in [3.05, 3.63) is 17.6 Å². The van der Waals surface area contributed by atoms with Crippen LogP contribution < -0.4 is 4.90 Å². The van der Waals surface area contributed by atoms with Crippen molar-refractivity contribution in [2.24, 2.45) is 11.8 Å². The zero-order valence-corrected chi connectivity index (χ0v) is 13.3. The topological polar surface area (TPSA) is 32.3 Å². The Morgan fingerprint density at radius 3 is 2.71 bits per heavy atom. The fourth-order valence-corrected chi connectivity index (χ4v) is 4.05. The van der Waals surface area contributed by atoms with E-state index in [0.717, 1.165) is 30.1 Å². The van der Waals surface area contributed by atoms with Crippen LogP contribution in [0.25, 0.3) is 0 Å². The SMILES string of the molecule is Cc1ncnc(N2C[C@@H]3CC[C@H](C2)N(CC2CC2)C3)c1C. The lowest BCUT2D eigenvalue weighted by atomic mass is 9.95. The van der Waals surface area contributed by atoms with Crippen molar-refractivity contribution >= 4 is 5.82 Å². The summed E-state index contributed by atoms with van der Waals surface area (Å²) < 4.78 is 0. The first-order valence-corrected chi connectivity index (χ1v) is 8.48. The summed E-state index contributed by atoms with van der Waals surface area (Å²) >= 11 is 0. The molecule has 1 aromatic rings. The van der Waals surface area contributed by atoms with Crippen LogP contribution in [0.5, 0.6) is 0 Å². The van der Waals surface area contributed by atoms with Gasteiger partial charge in [0.2, 0.25) is 0 Å². The van der Waals surface area contributed by atoms with E-state index in [-0.39, 0.29) is 0 Å². The molecule has 0 unspecified atom stereocenters. The Kier molecular flexibility index (Phi) is 3.37. The molecule has 5 rings (SSSR count). The Hall–Kier alpha value is -1.16. The molecule has 2 atom stereocenters. The minimum absolute atomic E-state index is 0.735. The molecule has 2 bridgehead atoms. The van der Waals surface area contributed by atoms with Gasteiger partial charge in [0.15, 0.2) is 0 Å². The van der Waals surface area contributed by atoms with E-state index in [1.54, 1.807) is 6.33 Å². The van der Waals surface area contributed by atoms with E-state index >= 15 is 0 Å². The molecule has 4 aliphatic rings. The number of anilines is 1. The zero-order valence-electron chi connectivity index (χ0n) is 13.3. The maximum absolute atomic E-state index is 4.60. The van der Waals surface area contributed by atoms with Crippen LogP contribution in [-0.4, -0.2) is 47.1 Å². The van der Waals surface area contributed by atoms with Crippen molar-refractivity contribution in [1.29, 1.82) is 0 Å². The number of aryl methyl sites for hydroxylation is 1. The van der Waals surface area contributed by atoms with Crippen LogP contribution in [0, 0.1) is 25.7 Å². The number of hydrogen-bond donors (Lipinski definition) is 0. The first-order valence-electron chi connectivity index (χ1n) is 8.48. The van der Waals surface area contributed by atoms with Crippen molar-refractivity contribution in [2.75, 3.05) is 31.1 Å². The van der Waals surface area contributed by atoms with Gasteiger partial charge in [-0.3, -0.25) is 4.90 Å². The first-order chi connectivity index (χ1) is 10.2. The average Bonchev–Trinajstić information content (AvgIpc) is 3.29. The Morgan fingerprint density at radius 2 is 1.90 bits per heavy atom. The van der Waals surface area contributed by atoms with Crippen molar-refractivity contribution in [3.8, 4) is 0 Å². The second-order valence-electron chi connectivity index (χ2n) is 7.31. The molecule has 0 amide bonds. The molecule has 4 nitrogen and oxygen atoms in total. The maximum atomic E-state index is 4.60. The molecule has 3 aliphatic heterocycles. The Bertz CT molecular complexity index is 526. The van der Waals surface area contributed by atoms with Gasteiger partial charge < -0.3 is 4.90 Å². The summed E-state index contributed by atoms with van der Waals surface area (Å²) in [5.41, 5.74) is 2.37. The van der Waals surface area contributed by atoms with Crippen LogP contribution in [0.1, 0.15) is 36.9 Å². The van der Waals surface area contributed by atoms with E-state index in [9.17, 15) is 0 Å². The Labute approximate surface area is 127 Å². The van der Waals surface area contributed by atoms with E-state index in [1.807, 2.05) is 0 Å². The van der Waals surface area contributed by atoms with Crippen LogP contribution in [0.3, 0.4) is 0 Å². The molecule has 0 aromatic carbocycles. The second-order valence-corrected chi connectivity index (χ2v) is 7.31. The van der Waals surface area contributed by atoms with Crippen LogP contribution in [0.4, 0.5) is 5.82 Å². The number of aromatic nitrogens is 2. The normalized spacial score (nSPS) is 29.7. The first kappa shape index (κ1) is 13.5. The molecule has 3 saturated heterocycles. The standard InChI is InChI=1S/C17H26N4/c1-12-13(2)18-11-19-17(12)21-9-15-5-6-16(10-21)20(8-15)7-14-3-4-14/h11,14-16H,3-10H2,1-2H3/t15-,16-/m1/s1. The van der Waals surface area contributed by atoms with E-state index in [2.05, 4.69) is 33.6 Å². The minimum Gasteiger partial charge on any atom is -0.354 e. The third kappa shape index (κ3) is 2.66. The molecule has 4 heteroatoms. The molecule has 0 radical (unpaired) electrons. The van der Waals surface area contributed by atoms with Crippen molar-refractivity contribution in [2.45, 2.75) is 45.6 Å². The summed E-state index contributed by atoms with van der Waals surface area (Å²) in [5, 5.41) is 0. The minimum atomic E-state index is 0.735. The van der Waals surface area contributed by atoms with E-state index in [4.69, 9.17) is 0 Å². The molecule has 21 heavy (non-hydrogen) atoms. The van der Waals surface area contributed by atoms with Crippen LogP contribution >= 0.6 is 0 Å². The smallest absolute Gasteiger partial charge is 0.135 e. The molecule has 1 saturated carbocycles. The summed E-state index contributed by atoms with van der Waals surface area (Å²) in [6.45, 7) is 9.23. The lowest BCUT2D eigenvalue weighted by molar-refractivity contribution is 0.128. The molecule has 1 aromatic heterocycles. The van der Waals surface area contributed by atoms with Crippen LogP contribution in [0.2, 0.25) is 0 Å². The van der Waals surface area contributed by atoms with E-state index < -0.39 is 0 Å².